The standard InChI is InChI=1S/C29H25N3O6/c1-3-8-20-13-19(14-24-27(33)31-29(35)32(28(24)34)17-23-11-7-12-37-23)15-25(36-4-2)26(20)38-18-22-10-6-5-9-21(22)16-30/h3,5-7,9-15H,1,4,8,17-18H2,2H3,(H,31,33,35)/b24-14+. The summed E-state index contributed by atoms with van der Waals surface area (Å²) in [5.41, 5.74) is 2.23. The highest BCUT2D eigenvalue weighted by Crippen LogP contribution is 2.36. The maximum atomic E-state index is 13.1. The molecular formula is C29H25N3O6. The summed E-state index contributed by atoms with van der Waals surface area (Å²) in [7, 11) is 0. The Kier molecular flexibility index (Phi) is 8.04. The molecule has 1 fully saturated rings. The minimum Gasteiger partial charge on any atom is -0.490 e. The van der Waals surface area contributed by atoms with Crippen molar-refractivity contribution in [1.82, 2.24) is 10.2 Å². The fourth-order valence-corrected chi connectivity index (χ4v) is 3.97. The SMILES string of the molecule is C=CCc1cc(/C=C2\C(=O)NC(=O)N(Cc3ccco3)C2=O)cc(OCC)c1OCc1ccccc1C#N. The van der Waals surface area contributed by atoms with Gasteiger partial charge in [-0.2, -0.15) is 5.26 Å². The van der Waals surface area contributed by atoms with Gasteiger partial charge in [-0.1, -0.05) is 24.3 Å². The van der Waals surface area contributed by atoms with Crippen LogP contribution in [0.25, 0.3) is 6.08 Å². The zero-order chi connectivity index (χ0) is 27.1. The summed E-state index contributed by atoms with van der Waals surface area (Å²) >= 11 is 0. The van der Waals surface area contributed by atoms with Crippen molar-refractivity contribution >= 4 is 23.9 Å². The van der Waals surface area contributed by atoms with Crippen LogP contribution in [-0.4, -0.2) is 29.4 Å². The predicted molar refractivity (Wildman–Crippen MR) is 138 cm³/mol. The van der Waals surface area contributed by atoms with Crippen LogP contribution in [0.15, 0.2) is 77.4 Å². The maximum absolute atomic E-state index is 13.1. The first-order valence-corrected chi connectivity index (χ1v) is 11.9. The second kappa shape index (κ2) is 11.8. The summed E-state index contributed by atoms with van der Waals surface area (Å²) in [6.45, 7) is 5.99. The second-order valence-corrected chi connectivity index (χ2v) is 8.28. The fraction of sp³-hybridized carbons (Fsp3) is 0.172. The minimum atomic E-state index is -0.822. The van der Waals surface area contributed by atoms with E-state index in [4.69, 9.17) is 13.9 Å². The summed E-state index contributed by atoms with van der Waals surface area (Å²) in [6, 6.07) is 15.2. The van der Waals surface area contributed by atoms with Crippen molar-refractivity contribution in [2.75, 3.05) is 6.61 Å². The number of barbiturate groups is 1. The van der Waals surface area contributed by atoms with Crippen molar-refractivity contribution in [2.24, 2.45) is 0 Å². The number of imide groups is 2. The highest BCUT2D eigenvalue weighted by molar-refractivity contribution is 6.30. The van der Waals surface area contributed by atoms with Crippen molar-refractivity contribution in [3.05, 3.63) is 101 Å². The Labute approximate surface area is 219 Å². The maximum Gasteiger partial charge on any atom is 0.331 e. The van der Waals surface area contributed by atoms with Gasteiger partial charge in [0.2, 0.25) is 0 Å². The van der Waals surface area contributed by atoms with Crippen LogP contribution in [0, 0.1) is 11.3 Å². The molecule has 38 heavy (non-hydrogen) atoms. The van der Waals surface area contributed by atoms with Gasteiger partial charge in [-0.05, 0) is 55.3 Å². The van der Waals surface area contributed by atoms with Crippen molar-refractivity contribution in [3.8, 4) is 17.6 Å². The van der Waals surface area contributed by atoms with Gasteiger partial charge in [0.25, 0.3) is 11.8 Å². The lowest BCUT2D eigenvalue weighted by atomic mass is 10.0. The van der Waals surface area contributed by atoms with E-state index in [2.05, 4.69) is 18.0 Å². The molecule has 1 saturated heterocycles. The van der Waals surface area contributed by atoms with Gasteiger partial charge in [-0.25, -0.2) is 4.79 Å². The van der Waals surface area contributed by atoms with Gasteiger partial charge in [0, 0.05) is 11.1 Å². The van der Waals surface area contributed by atoms with E-state index in [1.54, 1.807) is 42.5 Å². The third kappa shape index (κ3) is 5.65. The minimum absolute atomic E-state index is 0.120. The fourth-order valence-electron chi connectivity index (χ4n) is 3.97. The summed E-state index contributed by atoms with van der Waals surface area (Å²) < 4.78 is 17.2. The molecule has 1 aromatic heterocycles. The summed E-state index contributed by atoms with van der Waals surface area (Å²) in [4.78, 5) is 39.0. The summed E-state index contributed by atoms with van der Waals surface area (Å²) in [5.74, 6) is -0.274. The highest BCUT2D eigenvalue weighted by Gasteiger charge is 2.36. The van der Waals surface area contributed by atoms with Crippen molar-refractivity contribution in [3.63, 3.8) is 0 Å². The van der Waals surface area contributed by atoms with E-state index in [-0.39, 0.29) is 18.7 Å². The number of allylic oxidation sites excluding steroid dienone is 1. The molecule has 1 aliphatic heterocycles. The number of rotatable bonds is 10. The summed E-state index contributed by atoms with van der Waals surface area (Å²) in [5, 5.41) is 11.6. The van der Waals surface area contributed by atoms with Crippen LogP contribution in [-0.2, 0) is 29.2 Å². The molecule has 0 atom stereocenters. The largest absolute Gasteiger partial charge is 0.490 e. The zero-order valence-electron chi connectivity index (χ0n) is 20.7. The number of hydrogen-bond acceptors (Lipinski definition) is 7. The zero-order valence-corrected chi connectivity index (χ0v) is 20.7. The second-order valence-electron chi connectivity index (χ2n) is 8.28. The molecule has 1 N–H and O–H groups in total. The monoisotopic (exact) mass is 511 g/mol. The van der Waals surface area contributed by atoms with E-state index < -0.39 is 17.8 Å². The first kappa shape index (κ1) is 26.0. The first-order valence-electron chi connectivity index (χ1n) is 11.9. The van der Waals surface area contributed by atoms with Gasteiger partial charge in [-0.15, -0.1) is 6.58 Å². The molecule has 9 heteroatoms. The molecule has 9 nitrogen and oxygen atoms in total. The lowest BCUT2D eigenvalue weighted by Gasteiger charge is -2.25. The number of nitrogens with one attached hydrogen (secondary N) is 1. The molecule has 3 aromatic rings. The Morgan fingerprint density at radius 3 is 2.63 bits per heavy atom. The normalized spacial score (nSPS) is 14.3. The Hall–Kier alpha value is -5.10. The molecule has 4 amide bonds. The molecule has 0 unspecified atom stereocenters. The van der Waals surface area contributed by atoms with Crippen LogP contribution in [0.1, 0.15) is 34.9 Å². The molecule has 2 heterocycles. The van der Waals surface area contributed by atoms with E-state index >= 15 is 0 Å². The Bertz CT molecular complexity index is 1450. The van der Waals surface area contributed by atoms with Gasteiger partial charge < -0.3 is 13.9 Å². The molecule has 2 aromatic carbocycles. The van der Waals surface area contributed by atoms with Crippen molar-refractivity contribution < 1.29 is 28.3 Å². The van der Waals surface area contributed by atoms with E-state index in [9.17, 15) is 19.6 Å². The van der Waals surface area contributed by atoms with Crippen LogP contribution in [0.4, 0.5) is 4.79 Å². The number of nitriles is 1. The number of nitrogens with zero attached hydrogens (tertiary/aromatic N) is 2. The molecule has 0 saturated carbocycles. The average molecular weight is 512 g/mol. The lowest BCUT2D eigenvalue weighted by Crippen LogP contribution is -2.53. The van der Waals surface area contributed by atoms with Gasteiger partial charge in [0.05, 0.1) is 31.0 Å². The quantitative estimate of drug-likeness (QED) is 0.241. The van der Waals surface area contributed by atoms with Crippen LogP contribution >= 0.6 is 0 Å². The van der Waals surface area contributed by atoms with E-state index in [0.717, 1.165) is 10.5 Å². The topological polar surface area (TPSA) is 122 Å². The van der Waals surface area contributed by atoms with Gasteiger partial charge in [0.1, 0.15) is 17.9 Å². The molecule has 0 bridgehead atoms. The van der Waals surface area contributed by atoms with Crippen LogP contribution in [0.2, 0.25) is 0 Å². The van der Waals surface area contributed by atoms with E-state index in [1.165, 1.54) is 12.3 Å². The highest BCUT2D eigenvalue weighted by atomic mass is 16.5. The number of urea groups is 1. The molecule has 192 valence electrons. The molecule has 0 radical (unpaired) electrons. The number of amides is 4. The number of benzene rings is 2. The molecular weight excluding hydrogens is 486 g/mol. The van der Waals surface area contributed by atoms with E-state index in [0.29, 0.717) is 47.0 Å². The average Bonchev–Trinajstić information content (AvgIpc) is 3.42. The van der Waals surface area contributed by atoms with Gasteiger partial charge in [0.15, 0.2) is 11.5 Å². The van der Waals surface area contributed by atoms with Crippen LogP contribution in [0.5, 0.6) is 11.5 Å². The third-order valence-corrected chi connectivity index (χ3v) is 5.72. The number of ether oxygens (including phenoxy) is 2. The lowest BCUT2D eigenvalue weighted by molar-refractivity contribution is -0.130. The Balaban J connectivity index is 1.69. The predicted octanol–water partition coefficient (Wildman–Crippen LogP) is 4.52. The Morgan fingerprint density at radius 2 is 1.92 bits per heavy atom. The van der Waals surface area contributed by atoms with E-state index in [1.807, 2.05) is 19.1 Å². The number of carbonyl (C=O) groups is 3. The molecule has 1 aliphatic rings. The molecule has 4 rings (SSSR count). The van der Waals surface area contributed by atoms with Crippen molar-refractivity contribution in [2.45, 2.75) is 26.5 Å². The van der Waals surface area contributed by atoms with Gasteiger partial charge in [-0.3, -0.25) is 19.8 Å². The third-order valence-electron chi connectivity index (χ3n) is 5.72. The van der Waals surface area contributed by atoms with Gasteiger partial charge >= 0.3 is 6.03 Å². The number of furan rings is 1. The van der Waals surface area contributed by atoms with Crippen LogP contribution < -0.4 is 14.8 Å². The Morgan fingerprint density at radius 1 is 1.11 bits per heavy atom. The smallest absolute Gasteiger partial charge is 0.331 e. The first-order chi connectivity index (χ1) is 18.4. The number of hydrogen-bond donors (Lipinski definition) is 1. The summed E-state index contributed by atoms with van der Waals surface area (Å²) in [6.07, 6.45) is 4.95. The van der Waals surface area contributed by atoms with Crippen molar-refractivity contribution in [1.29, 1.82) is 5.26 Å². The number of carbonyl (C=O) groups excluding carboxylic acids is 3. The van der Waals surface area contributed by atoms with Crippen LogP contribution in [0.3, 0.4) is 0 Å². The molecule has 0 aliphatic carbocycles. The molecule has 0 spiro atoms.